The third kappa shape index (κ3) is 3.61. The van der Waals surface area contributed by atoms with Gasteiger partial charge in [-0.2, -0.15) is 5.10 Å². The van der Waals surface area contributed by atoms with Crippen LogP contribution in [0, 0.1) is 6.92 Å². The van der Waals surface area contributed by atoms with Crippen molar-refractivity contribution in [3.05, 3.63) is 53.9 Å². The lowest BCUT2D eigenvalue weighted by Crippen LogP contribution is -2.42. The number of aromatic nitrogens is 2. The Labute approximate surface area is 144 Å². The van der Waals surface area contributed by atoms with Gasteiger partial charge in [0, 0.05) is 38.3 Å². The number of aryl methyl sites for hydroxylation is 1. The largest absolute Gasteiger partial charge is 0.354 e. The summed E-state index contributed by atoms with van der Waals surface area (Å²) in [7, 11) is 1.86. The summed E-state index contributed by atoms with van der Waals surface area (Å²) in [6.07, 6.45) is 5.10. The van der Waals surface area contributed by atoms with Crippen molar-refractivity contribution in [2.24, 2.45) is 4.99 Å². The minimum Gasteiger partial charge on any atom is -0.354 e. The van der Waals surface area contributed by atoms with E-state index in [1.54, 1.807) is 0 Å². The molecule has 128 valence electrons. The van der Waals surface area contributed by atoms with Crippen LogP contribution in [0.2, 0.25) is 0 Å². The predicted octanol–water partition coefficient (Wildman–Crippen LogP) is 2.43. The SMILES string of the molecule is CN=C(NCCn1cc(C)cn1)N1CCC(C)(c2ccccc2)C1. The van der Waals surface area contributed by atoms with E-state index in [0.717, 1.165) is 38.6 Å². The number of aliphatic imine (C=N–C) groups is 1. The number of hydrogen-bond donors (Lipinski definition) is 1. The minimum absolute atomic E-state index is 0.192. The van der Waals surface area contributed by atoms with E-state index in [0.29, 0.717) is 0 Å². The predicted molar refractivity (Wildman–Crippen MR) is 98.3 cm³/mol. The zero-order valence-corrected chi connectivity index (χ0v) is 14.9. The molecule has 0 aliphatic carbocycles. The summed E-state index contributed by atoms with van der Waals surface area (Å²) >= 11 is 0. The summed E-state index contributed by atoms with van der Waals surface area (Å²) in [4.78, 5) is 6.83. The molecule has 3 rings (SSSR count). The summed E-state index contributed by atoms with van der Waals surface area (Å²) in [6.45, 7) is 8.11. The second-order valence-corrected chi connectivity index (χ2v) is 6.85. The van der Waals surface area contributed by atoms with Crippen LogP contribution in [0.4, 0.5) is 0 Å². The second-order valence-electron chi connectivity index (χ2n) is 6.85. The molecule has 1 saturated heterocycles. The van der Waals surface area contributed by atoms with Gasteiger partial charge in [-0.25, -0.2) is 0 Å². The molecule has 1 aromatic heterocycles. The standard InChI is InChI=1S/C19H27N5/c1-16-13-22-24(14-16)12-10-21-18(20-3)23-11-9-19(2,15-23)17-7-5-4-6-8-17/h4-8,13-14H,9-12,15H2,1-3H3,(H,20,21). The maximum Gasteiger partial charge on any atom is 0.193 e. The van der Waals surface area contributed by atoms with Gasteiger partial charge in [-0.15, -0.1) is 0 Å². The molecule has 0 radical (unpaired) electrons. The number of likely N-dealkylation sites (tertiary alicyclic amines) is 1. The highest BCUT2D eigenvalue weighted by atomic mass is 15.3. The Hall–Kier alpha value is -2.30. The average Bonchev–Trinajstić information content (AvgIpc) is 3.19. The zero-order chi connectivity index (χ0) is 17.0. The van der Waals surface area contributed by atoms with Crippen LogP contribution in [0.1, 0.15) is 24.5 Å². The first-order valence-electron chi connectivity index (χ1n) is 8.61. The monoisotopic (exact) mass is 325 g/mol. The summed E-state index contributed by atoms with van der Waals surface area (Å²) in [5.74, 6) is 0.985. The highest BCUT2D eigenvalue weighted by Crippen LogP contribution is 2.33. The van der Waals surface area contributed by atoms with Gasteiger partial charge in [0.15, 0.2) is 5.96 Å². The van der Waals surface area contributed by atoms with Crippen molar-refractivity contribution in [3.8, 4) is 0 Å². The van der Waals surface area contributed by atoms with E-state index in [4.69, 9.17) is 0 Å². The fourth-order valence-corrected chi connectivity index (χ4v) is 3.42. The van der Waals surface area contributed by atoms with Crippen LogP contribution < -0.4 is 5.32 Å². The van der Waals surface area contributed by atoms with Gasteiger partial charge < -0.3 is 10.2 Å². The van der Waals surface area contributed by atoms with Crippen molar-refractivity contribution in [3.63, 3.8) is 0 Å². The zero-order valence-electron chi connectivity index (χ0n) is 14.9. The highest BCUT2D eigenvalue weighted by molar-refractivity contribution is 5.80. The van der Waals surface area contributed by atoms with Gasteiger partial charge in [0.2, 0.25) is 0 Å². The van der Waals surface area contributed by atoms with Gasteiger partial charge in [0.05, 0.1) is 12.7 Å². The first-order chi connectivity index (χ1) is 11.6. The van der Waals surface area contributed by atoms with E-state index < -0.39 is 0 Å². The minimum atomic E-state index is 0.192. The number of hydrogen-bond acceptors (Lipinski definition) is 2. The van der Waals surface area contributed by atoms with Crippen molar-refractivity contribution < 1.29 is 0 Å². The van der Waals surface area contributed by atoms with Gasteiger partial charge >= 0.3 is 0 Å². The molecule has 1 aromatic carbocycles. The molecule has 0 bridgehead atoms. The summed E-state index contributed by atoms with van der Waals surface area (Å²) in [5.41, 5.74) is 2.80. The summed E-state index contributed by atoms with van der Waals surface area (Å²) < 4.78 is 1.97. The molecule has 5 heteroatoms. The highest BCUT2D eigenvalue weighted by Gasteiger charge is 2.36. The molecule has 1 aliphatic rings. The summed E-state index contributed by atoms with van der Waals surface area (Å²) in [6, 6.07) is 10.8. The molecule has 0 saturated carbocycles. The van der Waals surface area contributed by atoms with Crippen molar-refractivity contribution >= 4 is 5.96 Å². The van der Waals surface area contributed by atoms with Crippen LogP contribution in [0.25, 0.3) is 0 Å². The number of benzene rings is 1. The fourth-order valence-electron chi connectivity index (χ4n) is 3.42. The molecule has 0 spiro atoms. The van der Waals surface area contributed by atoms with Crippen molar-refractivity contribution in [2.45, 2.75) is 32.2 Å². The molecule has 1 atom stereocenters. The smallest absolute Gasteiger partial charge is 0.193 e. The fraction of sp³-hybridized carbons (Fsp3) is 0.474. The van der Waals surface area contributed by atoms with Crippen LogP contribution in [-0.2, 0) is 12.0 Å². The quantitative estimate of drug-likeness (QED) is 0.694. The molecular weight excluding hydrogens is 298 g/mol. The van der Waals surface area contributed by atoms with Crippen LogP contribution in [0.15, 0.2) is 47.7 Å². The molecule has 1 N–H and O–H groups in total. The van der Waals surface area contributed by atoms with Gasteiger partial charge in [-0.1, -0.05) is 37.3 Å². The van der Waals surface area contributed by atoms with Crippen molar-refractivity contribution in [1.82, 2.24) is 20.0 Å². The first kappa shape index (κ1) is 16.6. The van der Waals surface area contributed by atoms with E-state index in [-0.39, 0.29) is 5.41 Å². The Morgan fingerprint density at radius 2 is 2.12 bits per heavy atom. The lowest BCUT2D eigenvalue weighted by molar-refractivity contribution is 0.436. The maximum atomic E-state index is 4.47. The second kappa shape index (κ2) is 7.07. The van der Waals surface area contributed by atoms with E-state index in [2.05, 4.69) is 70.7 Å². The van der Waals surface area contributed by atoms with Gasteiger partial charge in [0.25, 0.3) is 0 Å². The number of nitrogens with zero attached hydrogens (tertiary/aromatic N) is 4. The Morgan fingerprint density at radius 1 is 1.33 bits per heavy atom. The molecule has 0 amide bonds. The Bertz CT molecular complexity index is 691. The lowest BCUT2D eigenvalue weighted by atomic mass is 9.82. The third-order valence-corrected chi connectivity index (χ3v) is 4.84. The molecule has 24 heavy (non-hydrogen) atoms. The Kier molecular flexibility index (Phi) is 4.88. The number of nitrogens with one attached hydrogen (secondary N) is 1. The average molecular weight is 325 g/mol. The molecule has 2 heterocycles. The van der Waals surface area contributed by atoms with Gasteiger partial charge in [-0.3, -0.25) is 9.67 Å². The van der Waals surface area contributed by atoms with Crippen molar-refractivity contribution in [2.75, 3.05) is 26.7 Å². The topological polar surface area (TPSA) is 45.5 Å². The molecular formula is C19H27N5. The molecule has 5 nitrogen and oxygen atoms in total. The normalized spacial score (nSPS) is 21.3. The van der Waals surface area contributed by atoms with E-state index in [9.17, 15) is 0 Å². The Balaban J connectivity index is 1.57. The Morgan fingerprint density at radius 3 is 2.79 bits per heavy atom. The molecule has 1 fully saturated rings. The molecule has 1 unspecified atom stereocenters. The third-order valence-electron chi connectivity index (χ3n) is 4.84. The molecule has 2 aromatic rings. The summed E-state index contributed by atoms with van der Waals surface area (Å²) in [5, 5.41) is 7.80. The number of guanidine groups is 1. The van der Waals surface area contributed by atoms with Crippen LogP contribution in [-0.4, -0.2) is 47.3 Å². The van der Waals surface area contributed by atoms with Crippen molar-refractivity contribution in [1.29, 1.82) is 0 Å². The van der Waals surface area contributed by atoms with Crippen LogP contribution in [0.5, 0.6) is 0 Å². The van der Waals surface area contributed by atoms with Crippen LogP contribution in [0.3, 0.4) is 0 Å². The molecule has 1 aliphatic heterocycles. The number of rotatable bonds is 4. The van der Waals surface area contributed by atoms with Gasteiger partial charge in [0.1, 0.15) is 0 Å². The van der Waals surface area contributed by atoms with E-state index >= 15 is 0 Å². The van der Waals surface area contributed by atoms with Gasteiger partial charge in [-0.05, 0) is 24.5 Å². The van der Waals surface area contributed by atoms with E-state index in [1.807, 2.05) is 17.9 Å². The van der Waals surface area contributed by atoms with E-state index in [1.165, 1.54) is 11.1 Å². The maximum absolute atomic E-state index is 4.47. The lowest BCUT2D eigenvalue weighted by Gasteiger charge is -2.27. The first-order valence-corrected chi connectivity index (χ1v) is 8.61. The van der Waals surface area contributed by atoms with Crippen LogP contribution >= 0.6 is 0 Å².